The third-order valence-electron chi connectivity index (χ3n) is 1.93. The van der Waals surface area contributed by atoms with Crippen molar-refractivity contribution in [1.29, 1.82) is 0 Å². The number of amides is 1. The summed E-state index contributed by atoms with van der Waals surface area (Å²) in [6.45, 7) is 0. The largest absolute Gasteiger partial charge is 0.391 e. The molecule has 0 bridgehead atoms. The predicted molar refractivity (Wildman–Crippen MR) is 63.1 cm³/mol. The van der Waals surface area contributed by atoms with Crippen LogP contribution in [-0.2, 0) is 0 Å². The van der Waals surface area contributed by atoms with Crippen molar-refractivity contribution in [3.05, 3.63) is 47.1 Å². The van der Waals surface area contributed by atoms with E-state index in [1.54, 1.807) is 18.2 Å². The molecular formula is C11H9FN2OS. The number of thiophene rings is 1. The molecule has 3 N–H and O–H groups in total. The number of rotatable bonds is 2. The molecule has 1 heterocycles. The van der Waals surface area contributed by atoms with E-state index in [0.717, 1.165) is 0 Å². The van der Waals surface area contributed by atoms with E-state index < -0.39 is 0 Å². The van der Waals surface area contributed by atoms with Gasteiger partial charge in [-0.05, 0) is 30.3 Å². The second-order valence-corrected chi connectivity index (χ2v) is 4.28. The summed E-state index contributed by atoms with van der Waals surface area (Å²) in [5.41, 5.74) is 5.94. The van der Waals surface area contributed by atoms with Crippen molar-refractivity contribution < 1.29 is 9.18 Å². The Balaban J connectivity index is 2.13. The highest BCUT2D eigenvalue weighted by atomic mass is 32.1. The average molecular weight is 236 g/mol. The fourth-order valence-electron chi connectivity index (χ4n) is 1.23. The number of nitrogens with two attached hydrogens (primary N) is 1. The Labute approximate surface area is 95.7 Å². The molecule has 0 aliphatic rings. The van der Waals surface area contributed by atoms with E-state index in [0.29, 0.717) is 15.6 Å². The van der Waals surface area contributed by atoms with E-state index in [2.05, 4.69) is 5.32 Å². The normalized spacial score (nSPS) is 10.1. The molecule has 0 saturated carbocycles. The van der Waals surface area contributed by atoms with E-state index in [9.17, 15) is 9.18 Å². The van der Waals surface area contributed by atoms with E-state index >= 15 is 0 Å². The maximum absolute atomic E-state index is 12.9. The third kappa shape index (κ3) is 2.38. The lowest BCUT2D eigenvalue weighted by Gasteiger charge is -2.02. The van der Waals surface area contributed by atoms with Crippen LogP contribution < -0.4 is 11.1 Å². The topological polar surface area (TPSA) is 55.1 Å². The van der Waals surface area contributed by atoms with Crippen molar-refractivity contribution in [3.8, 4) is 0 Å². The van der Waals surface area contributed by atoms with Crippen LogP contribution in [0, 0.1) is 5.82 Å². The summed E-state index contributed by atoms with van der Waals surface area (Å²) < 4.78 is 12.9. The van der Waals surface area contributed by atoms with E-state index in [1.165, 1.54) is 29.5 Å². The van der Waals surface area contributed by atoms with Crippen LogP contribution in [0.25, 0.3) is 0 Å². The zero-order valence-corrected chi connectivity index (χ0v) is 9.05. The Bertz CT molecular complexity index is 524. The number of hydrogen-bond donors (Lipinski definition) is 2. The molecule has 82 valence electrons. The van der Waals surface area contributed by atoms with Crippen molar-refractivity contribution in [2.75, 3.05) is 11.1 Å². The van der Waals surface area contributed by atoms with E-state index in [1.807, 2.05) is 0 Å². The minimum Gasteiger partial charge on any atom is -0.391 e. The number of nitrogen functional groups attached to an aromatic ring is 1. The lowest BCUT2D eigenvalue weighted by Crippen LogP contribution is -2.10. The van der Waals surface area contributed by atoms with Gasteiger partial charge in [0.25, 0.3) is 5.91 Å². The first-order valence-electron chi connectivity index (χ1n) is 4.57. The third-order valence-corrected chi connectivity index (χ3v) is 2.85. The molecule has 1 aromatic carbocycles. The van der Waals surface area contributed by atoms with Crippen LogP contribution in [0.1, 0.15) is 9.67 Å². The van der Waals surface area contributed by atoms with Gasteiger partial charge in [-0.25, -0.2) is 4.39 Å². The van der Waals surface area contributed by atoms with Crippen LogP contribution in [0.5, 0.6) is 0 Å². The van der Waals surface area contributed by atoms with Crippen molar-refractivity contribution in [1.82, 2.24) is 0 Å². The molecule has 0 radical (unpaired) electrons. The number of benzene rings is 1. The van der Waals surface area contributed by atoms with E-state index in [4.69, 9.17) is 5.73 Å². The van der Waals surface area contributed by atoms with Gasteiger partial charge in [0.05, 0.1) is 9.88 Å². The highest BCUT2D eigenvalue weighted by molar-refractivity contribution is 7.17. The number of halogens is 1. The fourth-order valence-corrected chi connectivity index (χ4v) is 1.90. The molecule has 0 fully saturated rings. The van der Waals surface area contributed by atoms with Crippen LogP contribution in [0.2, 0.25) is 0 Å². The Morgan fingerprint density at radius 3 is 2.75 bits per heavy atom. The molecule has 1 amide bonds. The van der Waals surface area contributed by atoms with Crippen molar-refractivity contribution in [3.63, 3.8) is 0 Å². The summed E-state index contributed by atoms with van der Waals surface area (Å²) in [4.78, 5) is 12.2. The molecule has 16 heavy (non-hydrogen) atoms. The quantitative estimate of drug-likeness (QED) is 0.842. The summed E-state index contributed by atoms with van der Waals surface area (Å²) in [5, 5.41) is 3.16. The zero-order chi connectivity index (χ0) is 11.5. The minimum atomic E-state index is -0.386. The first kappa shape index (κ1) is 10.6. The molecule has 0 atom stereocenters. The summed E-state index contributed by atoms with van der Waals surface area (Å²) in [6.07, 6.45) is 0. The van der Waals surface area contributed by atoms with Gasteiger partial charge < -0.3 is 11.1 Å². The maximum atomic E-state index is 12.9. The van der Waals surface area contributed by atoms with E-state index in [-0.39, 0.29) is 11.7 Å². The van der Waals surface area contributed by atoms with Crippen LogP contribution in [0.4, 0.5) is 15.1 Å². The van der Waals surface area contributed by atoms with Gasteiger partial charge in [0.15, 0.2) is 0 Å². The second kappa shape index (κ2) is 4.32. The molecule has 2 aromatic rings. The Morgan fingerprint density at radius 2 is 2.12 bits per heavy atom. The fraction of sp³-hybridized carbons (Fsp3) is 0. The summed E-state index contributed by atoms with van der Waals surface area (Å²) in [7, 11) is 0. The lowest BCUT2D eigenvalue weighted by atomic mass is 10.3. The summed E-state index contributed by atoms with van der Waals surface area (Å²) in [5.74, 6) is -0.671. The van der Waals surface area contributed by atoms with Gasteiger partial charge in [-0.2, -0.15) is 0 Å². The van der Waals surface area contributed by atoms with Gasteiger partial charge in [0.2, 0.25) is 0 Å². The van der Waals surface area contributed by atoms with Gasteiger partial charge in [-0.3, -0.25) is 4.79 Å². The molecule has 0 spiro atoms. The van der Waals surface area contributed by atoms with Crippen molar-refractivity contribution in [2.24, 2.45) is 0 Å². The lowest BCUT2D eigenvalue weighted by molar-refractivity contribution is 0.103. The number of carbonyl (C=O) groups is 1. The average Bonchev–Trinajstić information content (AvgIpc) is 2.65. The maximum Gasteiger partial charge on any atom is 0.265 e. The molecule has 0 aliphatic carbocycles. The molecule has 3 nitrogen and oxygen atoms in total. The van der Waals surface area contributed by atoms with Crippen molar-refractivity contribution >= 4 is 27.9 Å². The number of carbonyl (C=O) groups excluding carboxylic acids is 1. The zero-order valence-electron chi connectivity index (χ0n) is 8.24. The molecule has 0 saturated heterocycles. The van der Waals surface area contributed by atoms with Crippen molar-refractivity contribution in [2.45, 2.75) is 0 Å². The second-order valence-electron chi connectivity index (χ2n) is 3.17. The highest BCUT2D eigenvalue weighted by Gasteiger charge is 2.08. The summed E-state index contributed by atoms with van der Waals surface area (Å²) >= 11 is 1.19. The molecule has 0 aliphatic heterocycles. The number of nitrogens with one attached hydrogen (secondary N) is 1. The first-order valence-corrected chi connectivity index (χ1v) is 5.39. The first-order chi connectivity index (χ1) is 7.65. The molecule has 5 heteroatoms. The molecular weight excluding hydrogens is 227 g/mol. The molecule has 1 aromatic heterocycles. The van der Waals surface area contributed by atoms with Gasteiger partial charge in [0, 0.05) is 5.69 Å². The van der Waals surface area contributed by atoms with Crippen LogP contribution in [0.3, 0.4) is 0 Å². The monoisotopic (exact) mass is 236 g/mol. The van der Waals surface area contributed by atoms with Gasteiger partial charge in [-0.15, -0.1) is 11.3 Å². The standard InChI is InChI=1S/C11H9FN2OS/c12-7-2-1-3-8(6-7)14-11(15)9-4-5-10(13)16-9/h1-6H,13H2,(H,14,15). The Hall–Kier alpha value is -1.88. The minimum absolute atomic E-state index is 0.285. The van der Waals surface area contributed by atoms with Gasteiger partial charge in [0.1, 0.15) is 5.82 Å². The SMILES string of the molecule is Nc1ccc(C(=O)Nc2cccc(F)c2)s1. The predicted octanol–water partition coefficient (Wildman–Crippen LogP) is 2.72. The Morgan fingerprint density at radius 1 is 1.31 bits per heavy atom. The van der Waals surface area contributed by atoms with Crippen LogP contribution in [0.15, 0.2) is 36.4 Å². The van der Waals surface area contributed by atoms with Gasteiger partial charge in [-0.1, -0.05) is 6.07 Å². The highest BCUT2D eigenvalue weighted by Crippen LogP contribution is 2.19. The molecule has 0 unspecified atom stereocenters. The van der Waals surface area contributed by atoms with Gasteiger partial charge >= 0.3 is 0 Å². The molecule has 2 rings (SSSR count). The Kier molecular flexibility index (Phi) is 2.87. The number of anilines is 2. The number of hydrogen-bond acceptors (Lipinski definition) is 3. The summed E-state index contributed by atoms with van der Waals surface area (Å²) in [6, 6.07) is 9.03. The van der Waals surface area contributed by atoms with Crippen LogP contribution in [-0.4, -0.2) is 5.91 Å². The van der Waals surface area contributed by atoms with Crippen LogP contribution >= 0.6 is 11.3 Å². The smallest absolute Gasteiger partial charge is 0.265 e.